The first-order chi connectivity index (χ1) is 10.3. The molecule has 0 aliphatic carbocycles. The van der Waals surface area contributed by atoms with Gasteiger partial charge in [0.25, 0.3) is 5.56 Å². The second-order valence-corrected chi connectivity index (χ2v) is 7.29. The zero-order valence-electron chi connectivity index (χ0n) is 11.5. The Morgan fingerprint density at radius 1 is 1.38 bits per heavy atom. The van der Waals surface area contributed by atoms with Crippen LogP contribution in [0.1, 0.15) is 29.5 Å². The summed E-state index contributed by atoms with van der Waals surface area (Å²) in [4.78, 5) is 20.5. The van der Waals surface area contributed by atoms with Crippen LogP contribution >= 0.6 is 22.7 Å². The summed E-state index contributed by atoms with van der Waals surface area (Å²) in [6.07, 6.45) is 4.27. The Balaban J connectivity index is 1.63. The topological polar surface area (TPSA) is 38.8 Å². The van der Waals surface area contributed by atoms with Crippen molar-refractivity contribution in [2.75, 3.05) is 6.54 Å². The molecule has 4 rings (SSSR count). The maximum Gasteiger partial charge on any atom is 0.258 e. The third-order valence-corrected chi connectivity index (χ3v) is 5.88. The number of rotatable bonds is 3. The van der Waals surface area contributed by atoms with Crippen molar-refractivity contribution in [3.63, 3.8) is 0 Å². The van der Waals surface area contributed by atoms with Crippen molar-refractivity contribution in [1.29, 1.82) is 0 Å². The number of thiazole rings is 1. The summed E-state index contributed by atoms with van der Waals surface area (Å²) < 4.78 is 1.62. The molecule has 1 fully saturated rings. The van der Waals surface area contributed by atoms with E-state index >= 15 is 0 Å². The molecule has 0 saturated carbocycles. The maximum atomic E-state index is 12.1. The van der Waals surface area contributed by atoms with Crippen LogP contribution in [0.25, 0.3) is 4.96 Å². The van der Waals surface area contributed by atoms with E-state index in [1.807, 2.05) is 16.7 Å². The standard InChI is InChI=1S/C15H15N3OS2/c19-14-9-11(16-15-18(14)6-8-21-15)10-17-5-1-3-12(17)13-4-2-7-20-13/h2,4,6-9,12H,1,3,5,10H2/p+1/t12-/m0/s1. The Hall–Kier alpha value is -1.50. The summed E-state index contributed by atoms with van der Waals surface area (Å²) in [6.45, 7) is 2.00. The van der Waals surface area contributed by atoms with E-state index in [9.17, 15) is 4.79 Å². The van der Waals surface area contributed by atoms with Crippen molar-refractivity contribution in [3.05, 3.63) is 56.1 Å². The molecule has 1 N–H and O–H groups in total. The molecule has 1 saturated heterocycles. The third kappa shape index (κ3) is 2.43. The number of fused-ring (bicyclic) bond motifs is 1. The molecular weight excluding hydrogens is 302 g/mol. The summed E-state index contributed by atoms with van der Waals surface area (Å²) in [5.41, 5.74) is 0.948. The van der Waals surface area contributed by atoms with Crippen LogP contribution in [0.4, 0.5) is 0 Å². The second-order valence-electron chi connectivity index (χ2n) is 5.44. The molecule has 6 heteroatoms. The molecule has 3 aromatic rings. The number of hydrogen-bond donors (Lipinski definition) is 1. The molecule has 3 aromatic heterocycles. The fourth-order valence-corrected chi connectivity index (χ4v) is 4.83. The maximum absolute atomic E-state index is 12.1. The third-order valence-electron chi connectivity index (χ3n) is 4.13. The summed E-state index contributed by atoms with van der Waals surface area (Å²) in [6, 6.07) is 6.61. The van der Waals surface area contributed by atoms with Gasteiger partial charge in [-0.05, 0) is 11.4 Å². The minimum absolute atomic E-state index is 0.0301. The summed E-state index contributed by atoms with van der Waals surface area (Å²) in [5.74, 6) is 0. The molecule has 1 unspecified atom stereocenters. The number of quaternary nitrogens is 1. The Morgan fingerprint density at radius 2 is 2.33 bits per heavy atom. The van der Waals surface area contributed by atoms with Gasteiger partial charge < -0.3 is 4.90 Å². The number of hydrogen-bond acceptors (Lipinski definition) is 4. The Morgan fingerprint density at radius 3 is 3.19 bits per heavy atom. The van der Waals surface area contributed by atoms with E-state index in [0.29, 0.717) is 6.04 Å². The zero-order chi connectivity index (χ0) is 14.2. The lowest BCUT2D eigenvalue weighted by Crippen LogP contribution is -3.08. The molecule has 0 aromatic carbocycles. The van der Waals surface area contributed by atoms with Crippen molar-refractivity contribution in [1.82, 2.24) is 9.38 Å². The van der Waals surface area contributed by atoms with E-state index in [-0.39, 0.29) is 5.56 Å². The van der Waals surface area contributed by atoms with Crippen LogP contribution < -0.4 is 10.5 Å². The number of aromatic nitrogens is 2. The minimum Gasteiger partial charge on any atom is -0.323 e. The van der Waals surface area contributed by atoms with Crippen molar-refractivity contribution in [2.45, 2.75) is 25.4 Å². The van der Waals surface area contributed by atoms with Gasteiger partial charge in [0.05, 0.1) is 11.4 Å². The average Bonchev–Trinajstić information content (AvgIpc) is 3.19. The molecule has 4 heterocycles. The number of nitrogens with one attached hydrogen (secondary N) is 1. The van der Waals surface area contributed by atoms with Crippen LogP contribution in [0.5, 0.6) is 0 Å². The molecule has 0 amide bonds. The van der Waals surface area contributed by atoms with Crippen molar-refractivity contribution in [2.24, 2.45) is 0 Å². The van der Waals surface area contributed by atoms with E-state index in [1.165, 1.54) is 34.0 Å². The lowest BCUT2D eigenvalue weighted by molar-refractivity contribution is -0.932. The van der Waals surface area contributed by atoms with Crippen LogP contribution in [-0.2, 0) is 6.54 Å². The first-order valence-electron chi connectivity index (χ1n) is 7.15. The highest BCUT2D eigenvalue weighted by molar-refractivity contribution is 7.15. The van der Waals surface area contributed by atoms with Crippen molar-refractivity contribution >= 4 is 27.6 Å². The van der Waals surface area contributed by atoms with Crippen molar-refractivity contribution < 1.29 is 4.90 Å². The van der Waals surface area contributed by atoms with Crippen LogP contribution in [-0.4, -0.2) is 15.9 Å². The van der Waals surface area contributed by atoms with Crippen LogP contribution in [0.15, 0.2) is 40.0 Å². The van der Waals surface area contributed by atoms with Gasteiger partial charge in [0.15, 0.2) is 4.96 Å². The van der Waals surface area contributed by atoms with Gasteiger partial charge in [0, 0.05) is 30.5 Å². The molecule has 0 radical (unpaired) electrons. The van der Waals surface area contributed by atoms with Gasteiger partial charge >= 0.3 is 0 Å². The summed E-state index contributed by atoms with van der Waals surface area (Å²) in [5, 5.41) is 4.05. The van der Waals surface area contributed by atoms with E-state index in [2.05, 4.69) is 22.5 Å². The molecule has 1 aliphatic rings. The van der Waals surface area contributed by atoms with E-state index in [1.54, 1.807) is 16.7 Å². The van der Waals surface area contributed by atoms with Gasteiger partial charge in [-0.25, -0.2) is 4.98 Å². The highest BCUT2D eigenvalue weighted by Gasteiger charge is 2.31. The fraction of sp³-hybridized carbons (Fsp3) is 0.333. The number of nitrogens with zero attached hydrogens (tertiary/aromatic N) is 2. The van der Waals surface area contributed by atoms with Gasteiger partial charge in [0.1, 0.15) is 18.3 Å². The minimum atomic E-state index is 0.0301. The smallest absolute Gasteiger partial charge is 0.258 e. The Bertz CT molecular complexity index is 806. The zero-order valence-corrected chi connectivity index (χ0v) is 13.1. The molecule has 108 valence electrons. The van der Waals surface area contributed by atoms with E-state index in [4.69, 9.17) is 0 Å². The monoisotopic (exact) mass is 318 g/mol. The van der Waals surface area contributed by atoms with Gasteiger partial charge in [0.2, 0.25) is 0 Å². The normalized spacial score (nSPS) is 22.1. The highest BCUT2D eigenvalue weighted by Crippen LogP contribution is 2.23. The predicted molar refractivity (Wildman–Crippen MR) is 85.2 cm³/mol. The van der Waals surface area contributed by atoms with Gasteiger partial charge in [-0.15, -0.1) is 22.7 Å². The first kappa shape index (κ1) is 13.2. The molecule has 1 aliphatic heterocycles. The largest absolute Gasteiger partial charge is 0.323 e. The number of likely N-dealkylation sites (tertiary alicyclic amines) is 1. The van der Waals surface area contributed by atoms with Crippen LogP contribution in [0.2, 0.25) is 0 Å². The molecule has 0 spiro atoms. The lowest BCUT2D eigenvalue weighted by Gasteiger charge is -2.20. The molecule has 21 heavy (non-hydrogen) atoms. The highest BCUT2D eigenvalue weighted by atomic mass is 32.1. The predicted octanol–water partition coefficient (Wildman–Crippen LogP) is 1.74. The summed E-state index contributed by atoms with van der Waals surface area (Å²) >= 11 is 3.35. The average molecular weight is 318 g/mol. The second kappa shape index (κ2) is 5.36. The van der Waals surface area contributed by atoms with Gasteiger partial charge in [-0.3, -0.25) is 9.20 Å². The Labute approximate surface area is 130 Å². The quantitative estimate of drug-likeness (QED) is 0.799. The summed E-state index contributed by atoms with van der Waals surface area (Å²) in [7, 11) is 0. The number of thiophene rings is 1. The van der Waals surface area contributed by atoms with Crippen molar-refractivity contribution in [3.8, 4) is 0 Å². The van der Waals surface area contributed by atoms with Gasteiger partial charge in [-0.1, -0.05) is 6.07 Å². The SMILES string of the molecule is O=c1cc(C[NH+]2CCC[C@H]2c2cccs2)nc2sccn12. The lowest BCUT2D eigenvalue weighted by atomic mass is 10.2. The van der Waals surface area contributed by atoms with Gasteiger partial charge in [-0.2, -0.15) is 0 Å². The first-order valence-corrected chi connectivity index (χ1v) is 8.91. The van der Waals surface area contributed by atoms with Crippen LogP contribution in [0, 0.1) is 0 Å². The fourth-order valence-electron chi connectivity index (χ4n) is 3.17. The van der Waals surface area contributed by atoms with E-state index in [0.717, 1.165) is 23.7 Å². The molecule has 4 nitrogen and oxygen atoms in total. The van der Waals surface area contributed by atoms with Crippen LogP contribution in [0.3, 0.4) is 0 Å². The molecular formula is C15H16N3OS2+. The van der Waals surface area contributed by atoms with E-state index < -0.39 is 0 Å². The Kier molecular flexibility index (Phi) is 3.37. The molecule has 0 bridgehead atoms. The molecule has 2 atom stereocenters.